The largest absolute Gasteiger partial charge is 0.497 e. The second kappa shape index (κ2) is 8.82. The molecule has 2 atom stereocenters. The number of amides is 1. The summed E-state index contributed by atoms with van der Waals surface area (Å²) in [6.07, 6.45) is 0.816. The van der Waals surface area contributed by atoms with Crippen LogP contribution in [0.1, 0.15) is 26.3 Å². The summed E-state index contributed by atoms with van der Waals surface area (Å²) in [4.78, 5) is 13.8. The molecule has 0 radical (unpaired) electrons. The summed E-state index contributed by atoms with van der Waals surface area (Å²) in [5.74, 6) is 0.846. The van der Waals surface area contributed by atoms with Gasteiger partial charge < -0.3 is 15.4 Å². The second-order valence-electron chi connectivity index (χ2n) is 4.81. The summed E-state index contributed by atoms with van der Waals surface area (Å²) in [5.41, 5.74) is 6.86. The molecule has 114 valence electrons. The first-order valence-corrected chi connectivity index (χ1v) is 6.68. The van der Waals surface area contributed by atoms with E-state index in [2.05, 4.69) is 0 Å². The number of methoxy groups -OCH3 is 1. The first-order chi connectivity index (χ1) is 8.99. The lowest BCUT2D eigenvalue weighted by atomic mass is 10.0. The standard InChI is InChI=1S/C15H24N2O2.ClH/c1-5-17(15(18)12(3)16)11(2)10-13-6-8-14(19-4)9-7-13;/h6-9,11-12H,5,10,16H2,1-4H3;1H/t11?,12-;/m1./s1. The summed E-state index contributed by atoms with van der Waals surface area (Å²) in [6, 6.07) is 7.62. The van der Waals surface area contributed by atoms with Crippen molar-refractivity contribution in [2.24, 2.45) is 5.73 Å². The van der Waals surface area contributed by atoms with Crippen molar-refractivity contribution in [1.82, 2.24) is 4.90 Å². The van der Waals surface area contributed by atoms with Gasteiger partial charge in [-0.15, -0.1) is 12.4 Å². The lowest BCUT2D eigenvalue weighted by molar-refractivity contribution is -0.133. The molecule has 4 nitrogen and oxygen atoms in total. The zero-order chi connectivity index (χ0) is 14.4. The first-order valence-electron chi connectivity index (χ1n) is 6.68. The van der Waals surface area contributed by atoms with Crippen molar-refractivity contribution in [3.8, 4) is 5.75 Å². The molecule has 0 aliphatic rings. The predicted molar refractivity (Wildman–Crippen MR) is 84.4 cm³/mol. The van der Waals surface area contributed by atoms with Crippen molar-refractivity contribution >= 4 is 18.3 Å². The number of rotatable bonds is 6. The number of hydrogen-bond donors (Lipinski definition) is 1. The van der Waals surface area contributed by atoms with E-state index in [9.17, 15) is 4.79 Å². The van der Waals surface area contributed by atoms with Crippen LogP contribution >= 0.6 is 12.4 Å². The minimum atomic E-state index is -0.446. The summed E-state index contributed by atoms with van der Waals surface area (Å²) in [6.45, 7) is 6.43. The number of nitrogens with two attached hydrogens (primary N) is 1. The Morgan fingerprint density at radius 2 is 1.85 bits per heavy atom. The number of likely N-dealkylation sites (N-methyl/N-ethyl adjacent to an activating group) is 1. The van der Waals surface area contributed by atoms with Crippen LogP contribution in [0, 0.1) is 0 Å². The van der Waals surface area contributed by atoms with E-state index in [1.165, 1.54) is 5.56 Å². The number of nitrogens with zero attached hydrogens (tertiary/aromatic N) is 1. The van der Waals surface area contributed by atoms with E-state index >= 15 is 0 Å². The summed E-state index contributed by atoms with van der Waals surface area (Å²) in [5, 5.41) is 0. The number of carbonyl (C=O) groups excluding carboxylic acids is 1. The van der Waals surface area contributed by atoms with Gasteiger partial charge in [0.05, 0.1) is 13.2 Å². The molecule has 2 N–H and O–H groups in total. The number of carbonyl (C=O) groups is 1. The molecule has 20 heavy (non-hydrogen) atoms. The molecule has 0 aromatic heterocycles. The van der Waals surface area contributed by atoms with Crippen LogP contribution in [0.15, 0.2) is 24.3 Å². The fourth-order valence-electron chi connectivity index (χ4n) is 2.16. The second-order valence-corrected chi connectivity index (χ2v) is 4.81. The molecule has 1 aromatic carbocycles. The van der Waals surface area contributed by atoms with Crippen LogP contribution in [0.25, 0.3) is 0 Å². The van der Waals surface area contributed by atoms with E-state index in [0.717, 1.165) is 12.2 Å². The zero-order valence-electron chi connectivity index (χ0n) is 12.6. The summed E-state index contributed by atoms with van der Waals surface area (Å²) in [7, 11) is 1.65. The van der Waals surface area contributed by atoms with Gasteiger partial charge in [0.25, 0.3) is 0 Å². The third kappa shape index (κ3) is 5.02. The molecular formula is C15H25ClN2O2. The average molecular weight is 301 g/mol. The Morgan fingerprint density at radius 1 is 1.30 bits per heavy atom. The molecule has 0 aliphatic heterocycles. The van der Waals surface area contributed by atoms with Gasteiger partial charge in [-0.1, -0.05) is 12.1 Å². The Labute approximate surface area is 127 Å². The lowest BCUT2D eigenvalue weighted by Crippen LogP contribution is -2.47. The van der Waals surface area contributed by atoms with E-state index < -0.39 is 6.04 Å². The summed E-state index contributed by atoms with van der Waals surface area (Å²) >= 11 is 0. The smallest absolute Gasteiger partial charge is 0.239 e. The predicted octanol–water partition coefficient (Wildman–Crippen LogP) is 2.24. The summed E-state index contributed by atoms with van der Waals surface area (Å²) < 4.78 is 5.13. The highest BCUT2D eigenvalue weighted by Crippen LogP contribution is 2.15. The Hall–Kier alpha value is -1.26. The molecule has 0 bridgehead atoms. The highest BCUT2D eigenvalue weighted by molar-refractivity contribution is 5.85. The maximum Gasteiger partial charge on any atom is 0.239 e. The highest BCUT2D eigenvalue weighted by atomic mass is 35.5. The van der Waals surface area contributed by atoms with E-state index in [-0.39, 0.29) is 24.4 Å². The van der Waals surface area contributed by atoms with Crippen LogP contribution in [0.4, 0.5) is 0 Å². The monoisotopic (exact) mass is 300 g/mol. The fourth-order valence-corrected chi connectivity index (χ4v) is 2.16. The molecule has 0 saturated heterocycles. The van der Waals surface area contributed by atoms with E-state index in [1.807, 2.05) is 43.0 Å². The van der Waals surface area contributed by atoms with Crippen molar-refractivity contribution < 1.29 is 9.53 Å². The van der Waals surface area contributed by atoms with Gasteiger partial charge in [-0.05, 0) is 44.9 Å². The SMILES string of the molecule is CCN(C(=O)[C@@H](C)N)C(C)Cc1ccc(OC)cc1.Cl. The van der Waals surface area contributed by atoms with Gasteiger partial charge in [-0.25, -0.2) is 0 Å². The Bertz CT molecular complexity index is 407. The Morgan fingerprint density at radius 3 is 2.25 bits per heavy atom. The average Bonchev–Trinajstić information content (AvgIpc) is 2.40. The molecule has 0 heterocycles. The van der Waals surface area contributed by atoms with Gasteiger partial charge in [0.1, 0.15) is 5.75 Å². The van der Waals surface area contributed by atoms with Crippen LogP contribution in [0.5, 0.6) is 5.75 Å². The van der Waals surface area contributed by atoms with E-state index in [4.69, 9.17) is 10.5 Å². The molecule has 5 heteroatoms. The van der Waals surface area contributed by atoms with Crippen LogP contribution in [0.3, 0.4) is 0 Å². The molecular weight excluding hydrogens is 276 g/mol. The van der Waals surface area contributed by atoms with Gasteiger partial charge in [0.15, 0.2) is 0 Å². The van der Waals surface area contributed by atoms with Crippen LogP contribution in [0.2, 0.25) is 0 Å². The van der Waals surface area contributed by atoms with Crippen LogP contribution < -0.4 is 10.5 Å². The number of ether oxygens (including phenoxy) is 1. The molecule has 1 aromatic rings. The van der Waals surface area contributed by atoms with Crippen molar-refractivity contribution in [2.45, 2.75) is 39.3 Å². The molecule has 1 rings (SSSR count). The van der Waals surface area contributed by atoms with Crippen LogP contribution in [-0.2, 0) is 11.2 Å². The highest BCUT2D eigenvalue weighted by Gasteiger charge is 2.21. The lowest BCUT2D eigenvalue weighted by Gasteiger charge is -2.29. The van der Waals surface area contributed by atoms with Gasteiger partial charge in [0.2, 0.25) is 5.91 Å². The Balaban J connectivity index is 0.00000361. The maximum absolute atomic E-state index is 12.0. The minimum absolute atomic E-state index is 0. The van der Waals surface area contributed by atoms with Gasteiger partial charge >= 0.3 is 0 Å². The quantitative estimate of drug-likeness (QED) is 0.876. The molecule has 0 saturated carbocycles. The van der Waals surface area contributed by atoms with Gasteiger partial charge in [-0.3, -0.25) is 4.79 Å². The number of benzene rings is 1. The van der Waals surface area contributed by atoms with Gasteiger partial charge in [0, 0.05) is 12.6 Å². The molecule has 0 spiro atoms. The molecule has 1 amide bonds. The third-order valence-corrected chi connectivity index (χ3v) is 3.24. The maximum atomic E-state index is 12.0. The zero-order valence-corrected chi connectivity index (χ0v) is 13.4. The number of halogens is 1. The van der Waals surface area contributed by atoms with Crippen LogP contribution in [-0.4, -0.2) is 36.5 Å². The topological polar surface area (TPSA) is 55.6 Å². The molecule has 0 aliphatic carbocycles. The Kier molecular flexibility index (Phi) is 8.26. The van der Waals surface area contributed by atoms with Crippen molar-refractivity contribution in [1.29, 1.82) is 0 Å². The molecule has 0 fully saturated rings. The van der Waals surface area contributed by atoms with Crippen molar-refractivity contribution in [2.75, 3.05) is 13.7 Å². The van der Waals surface area contributed by atoms with Gasteiger partial charge in [-0.2, -0.15) is 0 Å². The fraction of sp³-hybridized carbons (Fsp3) is 0.533. The number of hydrogen-bond acceptors (Lipinski definition) is 3. The first kappa shape index (κ1) is 18.7. The van der Waals surface area contributed by atoms with E-state index in [0.29, 0.717) is 6.54 Å². The van der Waals surface area contributed by atoms with Crippen molar-refractivity contribution in [3.05, 3.63) is 29.8 Å². The minimum Gasteiger partial charge on any atom is -0.497 e. The van der Waals surface area contributed by atoms with E-state index in [1.54, 1.807) is 14.0 Å². The normalized spacial score (nSPS) is 13.1. The van der Waals surface area contributed by atoms with Crippen molar-refractivity contribution in [3.63, 3.8) is 0 Å². The third-order valence-electron chi connectivity index (χ3n) is 3.24. The molecule has 1 unspecified atom stereocenters.